The van der Waals surface area contributed by atoms with Gasteiger partial charge in [-0.1, -0.05) is 24.3 Å². The fourth-order valence-electron chi connectivity index (χ4n) is 2.78. The molecule has 0 saturated heterocycles. The molecule has 0 radical (unpaired) electrons. The summed E-state index contributed by atoms with van der Waals surface area (Å²) in [4.78, 5) is 2.17. The number of hydrogen-bond acceptors (Lipinski definition) is 2. The Bertz CT molecular complexity index is 580. The molecule has 1 unspecified atom stereocenters. The third-order valence-corrected chi connectivity index (χ3v) is 3.93. The Hall–Kier alpha value is -1.87. The lowest BCUT2D eigenvalue weighted by Gasteiger charge is -2.30. The van der Waals surface area contributed by atoms with Crippen molar-refractivity contribution in [2.45, 2.75) is 19.0 Å². The van der Waals surface area contributed by atoms with Crippen molar-refractivity contribution in [2.24, 2.45) is 0 Å². The van der Waals surface area contributed by atoms with E-state index in [0.29, 0.717) is 6.04 Å². The van der Waals surface area contributed by atoms with Crippen molar-refractivity contribution in [3.63, 3.8) is 0 Å². The summed E-state index contributed by atoms with van der Waals surface area (Å²) in [5, 5.41) is 3.57. The van der Waals surface area contributed by atoms with Crippen LogP contribution in [0.25, 0.3) is 0 Å². The summed E-state index contributed by atoms with van der Waals surface area (Å²) in [7, 11) is 2.05. The fourth-order valence-corrected chi connectivity index (χ4v) is 2.78. The van der Waals surface area contributed by atoms with E-state index in [9.17, 15) is 4.39 Å². The van der Waals surface area contributed by atoms with E-state index in [1.807, 2.05) is 12.1 Å². The first kappa shape index (κ1) is 13.1. The number of rotatable bonds is 3. The molecule has 0 aromatic heterocycles. The SMILES string of the molecule is CN(CC1Cc2ccccc2CN1)c1ccc(F)cc1. The molecule has 2 aromatic rings. The number of likely N-dealkylation sites (N-methyl/N-ethyl adjacent to an activating group) is 1. The Balaban J connectivity index is 1.66. The molecule has 1 N–H and O–H groups in total. The molecular formula is C17H19FN2. The first-order valence-corrected chi connectivity index (χ1v) is 6.99. The maximum absolute atomic E-state index is 12.9. The van der Waals surface area contributed by atoms with Crippen LogP contribution in [0.2, 0.25) is 0 Å². The van der Waals surface area contributed by atoms with E-state index in [-0.39, 0.29) is 5.82 Å². The van der Waals surface area contributed by atoms with Gasteiger partial charge in [0.2, 0.25) is 0 Å². The summed E-state index contributed by atoms with van der Waals surface area (Å²) >= 11 is 0. The molecule has 0 aliphatic carbocycles. The van der Waals surface area contributed by atoms with E-state index < -0.39 is 0 Å². The second kappa shape index (κ2) is 5.63. The van der Waals surface area contributed by atoms with Crippen molar-refractivity contribution in [1.82, 2.24) is 5.32 Å². The Labute approximate surface area is 119 Å². The normalized spacial score (nSPS) is 17.6. The molecule has 20 heavy (non-hydrogen) atoms. The Morgan fingerprint density at radius 1 is 1.10 bits per heavy atom. The Morgan fingerprint density at radius 2 is 1.80 bits per heavy atom. The first-order chi connectivity index (χ1) is 9.72. The first-order valence-electron chi connectivity index (χ1n) is 6.99. The van der Waals surface area contributed by atoms with Gasteiger partial charge in [0.05, 0.1) is 0 Å². The highest BCUT2D eigenvalue weighted by molar-refractivity contribution is 5.45. The molecule has 1 heterocycles. The van der Waals surface area contributed by atoms with Crippen molar-refractivity contribution in [3.05, 3.63) is 65.5 Å². The highest BCUT2D eigenvalue weighted by Gasteiger charge is 2.18. The van der Waals surface area contributed by atoms with Gasteiger partial charge < -0.3 is 10.2 Å². The third kappa shape index (κ3) is 2.83. The quantitative estimate of drug-likeness (QED) is 0.922. The minimum absolute atomic E-state index is 0.188. The molecule has 2 nitrogen and oxygen atoms in total. The van der Waals surface area contributed by atoms with E-state index in [0.717, 1.165) is 25.2 Å². The molecule has 3 rings (SSSR count). The van der Waals surface area contributed by atoms with Gasteiger partial charge >= 0.3 is 0 Å². The summed E-state index contributed by atoms with van der Waals surface area (Å²) in [6, 6.07) is 15.7. The zero-order valence-electron chi connectivity index (χ0n) is 11.6. The van der Waals surface area contributed by atoms with E-state index in [1.165, 1.54) is 23.3 Å². The summed E-state index contributed by atoms with van der Waals surface area (Å²) in [6.45, 7) is 1.85. The number of hydrogen-bond donors (Lipinski definition) is 1. The number of nitrogens with one attached hydrogen (secondary N) is 1. The van der Waals surface area contributed by atoms with Gasteiger partial charge in [0.1, 0.15) is 5.82 Å². The molecule has 3 heteroatoms. The zero-order valence-corrected chi connectivity index (χ0v) is 11.6. The lowest BCUT2D eigenvalue weighted by atomic mass is 9.95. The van der Waals surface area contributed by atoms with Crippen LogP contribution < -0.4 is 10.2 Å². The van der Waals surface area contributed by atoms with Gasteiger partial charge in [-0.05, 0) is 41.8 Å². The maximum Gasteiger partial charge on any atom is 0.123 e. The van der Waals surface area contributed by atoms with Crippen LogP contribution in [-0.2, 0) is 13.0 Å². The maximum atomic E-state index is 12.9. The molecule has 1 aliphatic rings. The number of benzene rings is 2. The topological polar surface area (TPSA) is 15.3 Å². The second-order valence-corrected chi connectivity index (χ2v) is 5.41. The van der Waals surface area contributed by atoms with Crippen molar-refractivity contribution in [2.75, 3.05) is 18.5 Å². The molecule has 0 amide bonds. The Morgan fingerprint density at radius 3 is 2.55 bits per heavy atom. The molecule has 1 atom stereocenters. The van der Waals surface area contributed by atoms with E-state index >= 15 is 0 Å². The number of anilines is 1. The zero-order chi connectivity index (χ0) is 13.9. The van der Waals surface area contributed by atoms with Crippen LogP contribution in [0.1, 0.15) is 11.1 Å². The van der Waals surface area contributed by atoms with E-state index in [1.54, 1.807) is 0 Å². The van der Waals surface area contributed by atoms with Crippen LogP contribution in [0, 0.1) is 5.82 Å². The van der Waals surface area contributed by atoms with Gasteiger partial charge in [-0.25, -0.2) is 4.39 Å². The smallest absolute Gasteiger partial charge is 0.123 e. The molecule has 0 bridgehead atoms. The highest BCUT2D eigenvalue weighted by Crippen LogP contribution is 2.19. The van der Waals surface area contributed by atoms with Crippen molar-refractivity contribution in [3.8, 4) is 0 Å². The van der Waals surface area contributed by atoms with Gasteiger partial charge in [-0.15, -0.1) is 0 Å². The largest absolute Gasteiger partial charge is 0.373 e. The average Bonchev–Trinajstić information content (AvgIpc) is 2.48. The van der Waals surface area contributed by atoms with Crippen molar-refractivity contribution in [1.29, 1.82) is 0 Å². The van der Waals surface area contributed by atoms with Crippen LogP contribution in [-0.4, -0.2) is 19.6 Å². The predicted molar refractivity (Wildman–Crippen MR) is 80.4 cm³/mol. The Kier molecular flexibility index (Phi) is 3.70. The van der Waals surface area contributed by atoms with Crippen molar-refractivity contribution < 1.29 is 4.39 Å². The minimum atomic E-state index is -0.188. The number of halogens is 1. The highest BCUT2D eigenvalue weighted by atomic mass is 19.1. The summed E-state index contributed by atoms with van der Waals surface area (Å²) in [5.74, 6) is -0.188. The molecule has 0 spiro atoms. The third-order valence-electron chi connectivity index (χ3n) is 3.93. The van der Waals surface area contributed by atoms with Gasteiger partial charge in [0.25, 0.3) is 0 Å². The van der Waals surface area contributed by atoms with Gasteiger partial charge in [0.15, 0.2) is 0 Å². The van der Waals surface area contributed by atoms with E-state index in [4.69, 9.17) is 0 Å². The van der Waals surface area contributed by atoms with Crippen LogP contribution in [0.3, 0.4) is 0 Å². The van der Waals surface area contributed by atoms with Crippen LogP contribution >= 0.6 is 0 Å². The van der Waals surface area contributed by atoms with Gasteiger partial charge in [-0.2, -0.15) is 0 Å². The molecule has 104 valence electrons. The summed E-state index contributed by atoms with van der Waals surface area (Å²) < 4.78 is 12.9. The molecule has 2 aromatic carbocycles. The number of nitrogens with zero attached hydrogens (tertiary/aromatic N) is 1. The van der Waals surface area contributed by atoms with Crippen LogP contribution in [0.15, 0.2) is 48.5 Å². The lowest BCUT2D eigenvalue weighted by Crippen LogP contribution is -2.43. The molecular weight excluding hydrogens is 251 g/mol. The van der Waals surface area contributed by atoms with Crippen molar-refractivity contribution >= 4 is 5.69 Å². The number of fused-ring (bicyclic) bond motifs is 1. The lowest BCUT2D eigenvalue weighted by molar-refractivity contribution is 0.480. The summed E-state index contributed by atoms with van der Waals surface area (Å²) in [5.41, 5.74) is 3.88. The summed E-state index contributed by atoms with van der Waals surface area (Å²) in [6.07, 6.45) is 1.04. The molecule has 0 saturated carbocycles. The van der Waals surface area contributed by atoms with Gasteiger partial charge in [0, 0.05) is 31.9 Å². The van der Waals surface area contributed by atoms with Crippen LogP contribution in [0.4, 0.5) is 10.1 Å². The minimum Gasteiger partial charge on any atom is -0.373 e. The van der Waals surface area contributed by atoms with Gasteiger partial charge in [-0.3, -0.25) is 0 Å². The standard InChI is InChI=1S/C17H19FN2/c1-20(17-8-6-15(18)7-9-17)12-16-10-13-4-2-3-5-14(13)11-19-16/h2-9,16,19H,10-12H2,1H3. The average molecular weight is 270 g/mol. The molecule has 0 fully saturated rings. The fraction of sp³-hybridized carbons (Fsp3) is 0.294. The molecule has 1 aliphatic heterocycles. The van der Waals surface area contributed by atoms with Crippen LogP contribution in [0.5, 0.6) is 0 Å². The second-order valence-electron chi connectivity index (χ2n) is 5.41. The monoisotopic (exact) mass is 270 g/mol. The predicted octanol–water partition coefficient (Wildman–Crippen LogP) is 2.98. The van der Waals surface area contributed by atoms with E-state index in [2.05, 4.69) is 41.5 Å².